The van der Waals surface area contributed by atoms with Crippen LogP contribution < -0.4 is 5.32 Å². The fourth-order valence-electron chi connectivity index (χ4n) is 3.19. The van der Waals surface area contributed by atoms with Crippen molar-refractivity contribution >= 4 is 34.9 Å². The van der Waals surface area contributed by atoms with Gasteiger partial charge in [-0.15, -0.1) is 0 Å². The van der Waals surface area contributed by atoms with Crippen molar-refractivity contribution in [2.45, 2.75) is 18.8 Å². The molecular weight excluding hydrogens is 314 g/mol. The largest absolute Gasteiger partial charge is 0.464 e. The molecule has 4 nitrogen and oxygen atoms in total. The first-order valence-electron chi connectivity index (χ1n) is 8.29. The van der Waals surface area contributed by atoms with Crippen LogP contribution in [0.25, 0.3) is 23.1 Å². The Morgan fingerprint density at radius 1 is 1.00 bits per heavy atom. The van der Waals surface area contributed by atoms with E-state index in [1.165, 1.54) is 0 Å². The fourth-order valence-corrected chi connectivity index (χ4v) is 3.19. The number of benzene rings is 2. The SMILES string of the molecule is O=C1CCC(c2coc3ccc(/C=C/c4ccccc4)cc23)C(=O)N1. The molecule has 0 bridgehead atoms. The minimum atomic E-state index is -0.340. The molecule has 0 spiro atoms. The van der Waals surface area contributed by atoms with Gasteiger partial charge in [0.25, 0.3) is 0 Å². The van der Waals surface area contributed by atoms with Crippen LogP contribution in [0.2, 0.25) is 0 Å². The van der Waals surface area contributed by atoms with Gasteiger partial charge < -0.3 is 4.42 Å². The molecule has 1 aliphatic rings. The highest BCUT2D eigenvalue weighted by Gasteiger charge is 2.30. The highest BCUT2D eigenvalue weighted by Crippen LogP contribution is 2.33. The molecule has 4 rings (SSSR count). The molecule has 3 aromatic rings. The number of carbonyl (C=O) groups excluding carboxylic acids is 2. The Hall–Kier alpha value is -3.14. The van der Waals surface area contributed by atoms with Crippen LogP contribution in [0.1, 0.15) is 35.4 Å². The van der Waals surface area contributed by atoms with E-state index < -0.39 is 0 Å². The van der Waals surface area contributed by atoms with Gasteiger partial charge in [-0.3, -0.25) is 14.9 Å². The molecule has 1 aliphatic heterocycles. The van der Waals surface area contributed by atoms with Crippen molar-refractivity contribution in [2.75, 3.05) is 0 Å². The molecule has 1 unspecified atom stereocenters. The molecule has 1 aromatic heterocycles. The number of piperidine rings is 1. The number of carbonyl (C=O) groups is 2. The zero-order chi connectivity index (χ0) is 17.2. The molecule has 124 valence electrons. The van der Waals surface area contributed by atoms with Gasteiger partial charge in [-0.1, -0.05) is 48.6 Å². The van der Waals surface area contributed by atoms with Gasteiger partial charge in [-0.25, -0.2) is 0 Å². The van der Waals surface area contributed by atoms with Gasteiger partial charge in [0.1, 0.15) is 5.58 Å². The Balaban J connectivity index is 1.67. The van der Waals surface area contributed by atoms with Gasteiger partial charge in [0.2, 0.25) is 11.8 Å². The van der Waals surface area contributed by atoms with Gasteiger partial charge in [-0.2, -0.15) is 0 Å². The lowest BCUT2D eigenvalue weighted by atomic mass is 9.90. The second-order valence-electron chi connectivity index (χ2n) is 6.19. The standard InChI is InChI=1S/C21H17NO3/c23-20-11-9-16(21(24)22-20)18-13-25-19-10-8-15(12-17(18)19)7-6-14-4-2-1-3-5-14/h1-8,10,12-13,16H,9,11H2,(H,22,23,24)/b7-6+. The molecule has 2 heterocycles. The third-order valence-electron chi connectivity index (χ3n) is 4.51. The average Bonchev–Trinajstić information content (AvgIpc) is 3.04. The van der Waals surface area contributed by atoms with E-state index >= 15 is 0 Å². The Kier molecular flexibility index (Phi) is 3.94. The summed E-state index contributed by atoms with van der Waals surface area (Å²) in [6, 6.07) is 16.0. The summed E-state index contributed by atoms with van der Waals surface area (Å²) in [7, 11) is 0. The molecule has 1 saturated heterocycles. The van der Waals surface area contributed by atoms with E-state index in [9.17, 15) is 9.59 Å². The summed E-state index contributed by atoms with van der Waals surface area (Å²) in [4.78, 5) is 23.5. The van der Waals surface area contributed by atoms with Crippen LogP contribution in [0.5, 0.6) is 0 Å². The molecule has 0 aliphatic carbocycles. The van der Waals surface area contributed by atoms with E-state index in [4.69, 9.17) is 4.42 Å². The Bertz CT molecular complexity index is 969. The van der Waals surface area contributed by atoms with Crippen LogP contribution in [0.15, 0.2) is 59.2 Å². The zero-order valence-electron chi connectivity index (χ0n) is 13.6. The monoisotopic (exact) mass is 331 g/mol. The second kappa shape index (κ2) is 6.40. The number of hydrogen-bond acceptors (Lipinski definition) is 3. The first-order valence-corrected chi connectivity index (χ1v) is 8.29. The number of hydrogen-bond donors (Lipinski definition) is 1. The number of nitrogens with one attached hydrogen (secondary N) is 1. The molecule has 0 radical (unpaired) electrons. The molecule has 4 heteroatoms. The molecule has 2 aromatic carbocycles. The maximum absolute atomic E-state index is 12.2. The van der Waals surface area contributed by atoms with Crippen LogP contribution >= 0.6 is 0 Å². The number of amides is 2. The quantitative estimate of drug-likeness (QED) is 0.580. The van der Waals surface area contributed by atoms with Crippen LogP contribution in [-0.2, 0) is 9.59 Å². The van der Waals surface area contributed by atoms with E-state index in [0.29, 0.717) is 12.8 Å². The summed E-state index contributed by atoms with van der Waals surface area (Å²) in [5, 5.41) is 3.33. The van der Waals surface area contributed by atoms with Crippen LogP contribution in [-0.4, -0.2) is 11.8 Å². The highest BCUT2D eigenvalue weighted by molar-refractivity contribution is 6.02. The number of rotatable bonds is 3. The first kappa shape index (κ1) is 15.4. The molecule has 1 atom stereocenters. The lowest BCUT2D eigenvalue weighted by Gasteiger charge is -2.19. The number of furan rings is 1. The van der Waals surface area contributed by atoms with Crippen molar-refractivity contribution in [3.63, 3.8) is 0 Å². The smallest absolute Gasteiger partial charge is 0.234 e. The molecule has 25 heavy (non-hydrogen) atoms. The summed E-state index contributed by atoms with van der Waals surface area (Å²) in [5.41, 5.74) is 3.75. The Morgan fingerprint density at radius 2 is 1.80 bits per heavy atom. The molecule has 1 fully saturated rings. The molecule has 0 saturated carbocycles. The van der Waals surface area contributed by atoms with Gasteiger partial charge >= 0.3 is 0 Å². The van der Waals surface area contributed by atoms with Gasteiger partial charge in [0.15, 0.2) is 0 Å². The van der Waals surface area contributed by atoms with Crippen LogP contribution in [0.3, 0.4) is 0 Å². The van der Waals surface area contributed by atoms with Crippen molar-refractivity contribution in [1.29, 1.82) is 0 Å². The lowest BCUT2D eigenvalue weighted by Crippen LogP contribution is -2.39. The zero-order valence-corrected chi connectivity index (χ0v) is 13.6. The van der Waals surface area contributed by atoms with Crippen molar-refractivity contribution < 1.29 is 14.0 Å². The van der Waals surface area contributed by atoms with Crippen LogP contribution in [0.4, 0.5) is 0 Å². The minimum absolute atomic E-state index is 0.208. The van der Waals surface area contributed by atoms with E-state index in [1.807, 2.05) is 60.7 Å². The summed E-state index contributed by atoms with van der Waals surface area (Å²) < 4.78 is 5.61. The van der Waals surface area contributed by atoms with E-state index in [0.717, 1.165) is 27.7 Å². The predicted octanol–water partition coefficient (Wildman–Crippen LogP) is 4.12. The molecule has 2 amide bonds. The van der Waals surface area contributed by atoms with Gasteiger partial charge in [-0.05, 0) is 29.7 Å². The number of fused-ring (bicyclic) bond motifs is 1. The van der Waals surface area contributed by atoms with Gasteiger partial charge in [0.05, 0.1) is 12.2 Å². The van der Waals surface area contributed by atoms with E-state index in [2.05, 4.69) is 5.32 Å². The highest BCUT2D eigenvalue weighted by atomic mass is 16.3. The summed E-state index contributed by atoms with van der Waals surface area (Å²) in [5.74, 6) is -0.794. The third-order valence-corrected chi connectivity index (χ3v) is 4.51. The number of imide groups is 1. The maximum Gasteiger partial charge on any atom is 0.234 e. The fraction of sp³-hybridized carbons (Fsp3) is 0.143. The summed E-state index contributed by atoms with van der Waals surface area (Å²) in [6.45, 7) is 0. The normalized spacial score (nSPS) is 18.0. The molecular formula is C21H17NO3. The Labute approximate surface area is 145 Å². The van der Waals surface area contributed by atoms with E-state index in [-0.39, 0.29) is 17.7 Å². The topological polar surface area (TPSA) is 59.3 Å². The predicted molar refractivity (Wildman–Crippen MR) is 96.7 cm³/mol. The van der Waals surface area contributed by atoms with Crippen molar-refractivity contribution in [3.8, 4) is 0 Å². The van der Waals surface area contributed by atoms with Crippen molar-refractivity contribution in [1.82, 2.24) is 5.32 Å². The first-order chi connectivity index (χ1) is 12.2. The lowest BCUT2D eigenvalue weighted by molar-refractivity contribution is -0.134. The van der Waals surface area contributed by atoms with Crippen LogP contribution in [0, 0.1) is 0 Å². The minimum Gasteiger partial charge on any atom is -0.464 e. The summed E-state index contributed by atoms with van der Waals surface area (Å²) >= 11 is 0. The van der Waals surface area contributed by atoms with Gasteiger partial charge in [0, 0.05) is 17.4 Å². The molecule has 1 N–H and O–H groups in total. The maximum atomic E-state index is 12.2. The average molecular weight is 331 g/mol. The summed E-state index contributed by atoms with van der Waals surface area (Å²) in [6.07, 6.45) is 6.60. The Morgan fingerprint density at radius 3 is 2.60 bits per heavy atom. The van der Waals surface area contributed by atoms with Crippen molar-refractivity contribution in [2.24, 2.45) is 0 Å². The second-order valence-corrected chi connectivity index (χ2v) is 6.19. The van der Waals surface area contributed by atoms with Crippen molar-refractivity contribution in [3.05, 3.63) is 71.5 Å². The van der Waals surface area contributed by atoms with E-state index in [1.54, 1.807) is 6.26 Å². The third kappa shape index (κ3) is 3.11.